The third-order valence-corrected chi connectivity index (χ3v) is 6.58. The van der Waals surface area contributed by atoms with Crippen LogP contribution < -0.4 is 4.74 Å². The Labute approximate surface area is 224 Å². The van der Waals surface area contributed by atoms with Crippen LogP contribution in [0, 0.1) is 12.8 Å². The molecule has 0 radical (unpaired) electrons. The lowest BCUT2D eigenvalue weighted by molar-refractivity contribution is 0.0699. The van der Waals surface area contributed by atoms with Gasteiger partial charge in [-0.25, -0.2) is 4.79 Å². The smallest absolute Gasteiger partial charge is 0.336 e. The number of rotatable bonds is 7. The van der Waals surface area contributed by atoms with E-state index >= 15 is 0 Å². The molecule has 0 saturated heterocycles. The first-order valence-electron chi connectivity index (χ1n) is 12.9. The fraction of sp³-hybridized carbons (Fsp3) is 0.273. The highest BCUT2D eigenvalue weighted by Crippen LogP contribution is 2.41. The van der Waals surface area contributed by atoms with Gasteiger partial charge in [-0.15, -0.1) is 0 Å². The maximum absolute atomic E-state index is 11.7. The van der Waals surface area contributed by atoms with Crippen LogP contribution in [0.4, 0.5) is 0 Å². The van der Waals surface area contributed by atoms with Crippen LogP contribution in [0.3, 0.4) is 0 Å². The summed E-state index contributed by atoms with van der Waals surface area (Å²) in [5, 5.41) is 24.9. The van der Waals surface area contributed by atoms with E-state index in [2.05, 4.69) is 71.0 Å². The standard InChI is InChI=1S/C33H35NO4/c1-20(2)19-38-31-28(22-12-10-21(3)11-13-22)17-25(18-29(31)33(4,5)6)30(34-37)24-14-15-26-23(16-24)8-7-9-27(26)32(35)36/h7-18,20,37H,19H2,1-6H3,(H,35,36). The van der Waals surface area contributed by atoms with E-state index in [-0.39, 0.29) is 11.0 Å². The number of aryl methyl sites for hydroxylation is 1. The number of carbonyl (C=O) groups is 1. The highest BCUT2D eigenvalue weighted by atomic mass is 16.5. The van der Waals surface area contributed by atoms with Crippen molar-refractivity contribution in [2.75, 3.05) is 6.61 Å². The molecule has 0 fully saturated rings. The van der Waals surface area contributed by atoms with E-state index in [9.17, 15) is 15.1 Å². The van der Waals surface area contributed by atoms with Crippen molar-refractivity contribution in [2.45, 2.75) is 47.0 Å². The summed E-state index contributed by atoms with van der Waals surface area (Å²) in [7, 11) is 0. The number of hydrogen-bond acceptors (Lipinski definition) is 4. The van der Waals surface area contributed by atoms with E-state index in [0.717, 1.165) is 33.4 Å². The topological polar surface area (TPSA) is 79.1 Å². The summed E-state index contributed by atoms with van der Waals surface area (Å²) < 4.78 is 6.45. The third-order valence-electron chi connectivity index (χ3n) is 6.58. The highest BCUT2D eigenvalue weighted by molar-refractivity contribution is 6.15. The molecule has 38 heavy (non-hydrogen) atoms. The largest absolute Gasteiger partial charge is 0.492 e. The molecule has 0 heterocycles. The molecule has 0 aromatic heterocycles. The molecule has 2 N–H and O–H groups in total. The molecule has 0 atom stereocenters. The van der Waals surface area contributed by atoms with Gasteiger partial charge < -0.3 is 15.1 Å². The minimum Gasteiger partial charge on any atom is -0.492 e. The van der Waals surface area contributed by atoms with Gasteiger partial charge in [0.15, 0.2) is 0 Å². The SMILES string of the molecule is Cc1ccc(-c2cc(C(=NO)c3ccc4c(C(=O)O)cccc4c3)cc(C(C)(C)C)c2OCC(C)C)cc1. The van der Waals surface area contributed by atoms with Gasteiger partial charge in [0.2, 0.25) is 0 Å². The Hall–Kier alpha value is -4.12. The molecule has 0 saturated carbocycles. The van der Waals surface area contributed by atoms with Gasteiger partial charge in [0.1, 0.15) is 11.5 Å². The number of nitrogens with zero attached hydrogens (tertiary/aromatic N) is 1. The lowest BCUT2D eigenvalue weighted by Gasteiger charge is -2.27. The van der Waals surface area contributed by atoms with Gasteiger partial charge in [0, 0.05) is 22.3 Å². The number of hydrogen-bond donors (Lipinski definition) is 2. The lowest BCUT2D eigenvalue weighted by atomic mass is 9.81. The summed E-state index contributed by atoms with van der Waals surface area (Å²) in [5.74, 6) is 0.214. The number of fused-ring (bicyclic) bond motifs is 1. The van der Waals surface area contributed by atoms with Crippen molar-refractivity contribution >= 4 is 22.5 Å². The monoisotopic (exact) mass is 509 g/mol. The Balaban J connectivity index is 1.95. The van der Waals surface area contributed by atoms with E-state index in [1.165, 1.54) is 5.56 Å². The van der Waals surface area contributed by atoms with Crippen molar-refractivity contribution in [2.24, 2.45) is 11.1 Å². The summed E-state index contributed by atoms with van der Waals surface area (Å²) in [6, 6.07) is 23.0. The molecule has 4 rings (SSSR count). The van der Waals surface area contributed by atoms with E-state index in [1.54, 1.807) is 24.3 Å². The average molecular weight is 510 g/mol. The van der Waals surface area contributed by atoms with Crippen molar-refractivity contribution in [1.29, 1.82) is 0 Å². The molecule has 0 aliphatic carbocycles. The van der Waals surface area contributed by atoms with Gasteiger partial charge in [0.25, 0.3) is 0 Å². The highest BCUT2D eigenvalue weighted by Gasteiger charge is 2.26. The summed E-state index contributed by atoms with van der Waals surface area (Å²) >= 11 is 0. The zero-order valence-corrected chi connectivity index (χ0v) is 22.9. The van der Waals surface area contributed by atoms with Crippen LogP contribution >= 0.6 is 0 Å². The number of benzene rings is 4. The Morgan fingerprint density at radius 3 is 2.26 bits per heavy atom. The molecule has 0 bridgehead atoms. The van der Waals surface area contributed by atoms with Crippen LogP contribution in [0.15, 0.2) is 78.0 Å². The quantitative estimate of drug-likeness (QED) is 0.150. The molecule has 5 nitrogen and oxygen atoms in total. The van der Waals surface area contributed by atoms with Gasteiger partial charge in [-0.2, -0.15) is 0 Å². The van der Waals surface area contributed by atoms with E-state index in [1.807, 2.05) is 24.3 Å². The van der Waals surface area contributed by atoms with Gasteiger partial charge in [-0.05, 0) is 58.9 Å². The first-order chi connectivity index (χ1) is 18.0. The van der Waals surface area contributed by atoms with Gasteiger partial charge in [-0.3, -0.25) is 0 Å². The van der Waals surface area contributed by atoms with E-state index < -0.39 is 5.97 Å². The minimum atomic E-state index is -0.978. The summed E-state index contributed by atoms with van der Waals surface area (Å²) in [6.07, 6.45) is 0. The molecule has 4 aromatic carbocycles. The summed E-state index contributed by atoms with van der Waals surface area (Å²) in [4.78, 5) is 11.7. The second-order valence-corrected chi connectivity index (χ2v) is 11.2. The van der Waals surface area contributed by atoms with Gasteiger partial charge >= 0.3 is 5.97 Å². The Morgan fingerprint density at radius 2 is 1.66 bits per heavy atom. The maximum atomic E-state index is 11.7. The number of oxime groups is 1. The number of carboxylic acid groups (broad SMARTS) is 1. The molecule has 0 amide bonds. The summed E-state index contributed by atoms with van der Waals surface area (Å²) in [6.45, 7) is 13.3. The van der Waals surface area contributed by atoms with Crippen LogP contribution in [0.1, 0.15) is 67.2 Å². The zero-order valence-electron chi connectivity index (χ0n) is 22.9. The van der Waals surface area contributed by atoms with Crippen molar-refractivity contribution < 1.29 is 19.8 Å². The molecular formula is C33H35NO4. The first-order valence-corrected chi connectivity index (χ1v) is 12.9. The Bertz CT molecular complexity index is 1510. The van der Waals surface area contributed by atoms with Gasteiger partial charge in [0.05, 0.1) is 12.2 Å². The van der Waals surface area contributed by atoms with Crippen molar-refractivity contribution in [3.63, 3.8) is 0 Å². The predicted molar refractivity (Wildman–Crippen MR) is 154 cm³/mol. The van der Waals surface area contributed by atoms with Crippen molar-refractivity contribution in [3.05, 3.63) is 101 Å². The molecular weight excluding hydrogens is 474 g/mol. The number of carboxylic acids is 1. The fourth-order valence-electron chi connectivity index (χ4n) is 4.58. The number of ether oxygens (including phenoxy) is 1. The average Bonchev–Trinajstić information content (AvgIpc) is 2.87. The van der Waals surface area contributed by atoms with Gasteiger partial charge in [-0.1, -0.05) is 93.9 Å². The van der Waals surface area contributed by atoms with Crippen LogP contribution in [-0.2, 0) is 5.41 Å². The predicted octanol–water partition coefficient (Wildman–Crippen LogP) is 8.07. The molecule has 0 aliphatic rings. The van der Waals surface area contributed by atoms with Crippen LogP contribution in [0.2, 0.25) is 0 Å². The molecule has 196 valence electrons. The fourth-order valence-corrected chi connectivity index (χ4v) is 4.58. The molecule has 4 aromatic rings. The third kappa shape index (κ3) is 5.57. The Kier molecular flexibility index (Phi) is 7.58. The van der Waals surface area contributed by atoms with Crippen LogP contribution in [0.5, 0.6) is 5.75 Å². The minimum absolute atomic E-state index is 0.236. The molecule has 5 heteroatoms. The second-order valence-electron chi connectivity index (χ2n) is 11.2. The number of aromatic carboxylic acids is 1. The normalized spacial score (nSPS) is 12.2. The maximum Gasteiger partial charge on any atom is 0.336 e. The summed E-state index contributed by atoms with van der Waals surface area (Å²) in [5.41, 5.74) is 5.96. The van der Waals surface area contributed by atoms with Crippen molar-refractivity contribution in [3.8, 4) is 16.9 Å². The lowest BCUT2D eigenvalue weighted by Crippen LogP contribution is -2.18. The van der Waals surface area contributed by atoms with Crippen LogP contribution in [-0.4, -0.2) is 28.6 Å². The van der Waals surface area contributed by atoms with E-state index in [0.29, 0.717) is 29.2 Å². The van der Waals surface area contributed by atoms with Crippen molar-refractivity contribution in [1.82, 2.24) is 0 Å². The first kappa shape index (κ1) is 26.9. The molecule has 0 unspecified atom stereocenters. The van der Waals surface area contributed by atoms with Crippen LogP contribution in [0.25, 0.3) is 21.9 Å². The zero-order chi connectivity index (χ0) is 27.6. The molecule has 0 aliphatic heterocycles. The van der Waals surface area contributed by atoms with E-state index in [4.69, 9.17) is 4.74 Å². The Morgan fingerprint density at radius 1 is 0.947 bits per heavy atom. The second kappa shape index (κ2) is 10.7. The molecule has 0 spiro atoms.